The highest BCUT2D eigenvalue weighted by atomic mass is 19.1. The molecule has 250 valence electrons. The molecule has 0 fully saturated rings. The van der Waals surface area contributed by atoms with Gasteiger partial charge in [0, 0.05) is 28.8 Å². The van der Waals surface area contributed by atoms with Gasteiger partial charge in [0.2, 0.25) is 0 Å². The van der Waals surface area contributed by atoms with Gasteiger partial charge in [-0.25, -0.2) is 4.39 Å². The molecule has 0 aliphatic heterocycles. The number of fused-ring (bicyclic) bond motifs is 3. The molecule has 0 saturated heterocycles. The van der Waals surface area contributed by atoms with Crippen molar-refractivity contribution in [3.8, 4) is 39.1 Å². The number of hydrogen-bond acceptors (Lipinski definition) is 0. The van der Waals surface area contributed by atoms with Gasteiger partial charge in [0.05, 0.1) is 11.0 Å². The van der Waals surface area contributed by atoms with Crippen molar-refractivity contribution in [2.45, 2.75) is 24.9 Å². The average Bonchev–Trinajstić information content (AvgIpc) is 3.54. The smallest absolute Gasteiger partial charge is 0.122 e. The third-order valence-electron chi connectivity index (χ3n) is 10.5. The maximum absolute atomic E-state index is 13.9. The van der Waals surface area contributed by atoms with Crippen LogP contribution in [0.25, 0.3) is 60.9 Å². The van der Waals surface area contributed by atoms with E-state index >= 15 is 0 Å². The van der Waals surface area contributed by atoms with Crippen LogP contribution in [-0.4, -0.2) is 10.7 Å². The fourth-order valence-electron chi connectivity index (χ4n) is 7.80. The number of halogens is 1. The highest BCUT2D eigenvalue weighted by Gasteiger charge is 2.19. The molecule has 1 aliphatic rings. The Morgan fingerprint density at radius 2 is 1.04 bits per heavy atom. The molecule has 1 heterocycles. The number of aromatic nitrogens is 1. The number of hydrogen-bond donors (Lipinski definition) is 0. The molecule has 7 aromatic carbocycles. The summed E-state index contributed by atoms with van der Waals surface area (Å²) in [6.45, 7) is 0. The van der Waals surface area contributed by atoms with E-state index < -0.39 is 6.17 Å². The van der Waals surface area contributed by atoms with Crippen molar-refractivity contribution in [2.75, 3.05) is 0 Å². The van der Waals surface area contributed by atoms with Crippen LogP contribution in [0, 0.1) is 0 Å². The summed E-state index contributed by atoms with van der Waals surface area (Å²) in [4.78, 5) is 0. The Kier molecular flexibility index (Phi) is 8.42. The van der Waals surface area contributed by atoms with Gasteiger partial charge < -0.3 is 4.57 Å². The zero-order valence-corrected chi connectivity index (χ0v) is 28.9. The molecule has 0 bridgehead atoms. The van der Waals surface area contributed by atoms with E-state index in [2.05, 4.69) is 187 Å². The van der Waals surface area contributed by atoms with Crippen molar-refractivity contribution in [2.24, 2.45) is 0 Å². The molecule has 52 heavy (non-hydrogen) atoms. The Bertz CT molecular complexity index is 2560. The Morgan fingerprint density at radius 3 is 1.67 bits per heavy atom. The molecule has 1 nitrogen and oxygen atoms in total. The van der Waals surface area contributed by atoms with Crippen molar-refractivity contribution in [3.63, 3.8) is 0 Å². The first kappa shape index (κ1) is 31.7. The molecule has 0 saturated carbocycles. The van der Waals surface area contributed by atoms with E-state index in [1.807, 2.05) is 6.08 Å². The van der Waals surface area contributed by atoms with Crippen LogP contribution in [0.3, 0.4) is 0 Å². The lowest BCUT2D eigenvalue weighted by molar-refractivity contribution is 0.399. The van der Waals surface area contributed by atoms with Gasteiger partial charge in [0.25, 0.3) is 0 Å². The number of rotatable bonds is 8. The minimum atomic E-state index is -0.890. The second-order valence-electron chi connectivity index (χ2n) is 13.8. The van der Waals surface area contributed by atoms with E-state index in [-0.39, 0.29) is 5.92 Å². The molecule has 2 heteroatoms. The molecule has 2 unspecified atom stereocenters. The van der Waals surface area contributed by atoms with Crippen LogP contribution >= 0.6 is 0 Å². The summed E-state index contributed by atoms with van der Waals surface area (Å²) < 4.78 is 16.3. The normalized spacial score (nSPS) is 14.8. The van der Waals surface area contributed by atoms with Crippen molar-refractivity contribution < 1.29 is 4.39 Å². The summed E-state index contributed by atoms with van der Waals surface area (Å²) >= 11 is 0. The number of nitrogens with zero attached hydrogens (tertiary/aromatic N) is 1. The summed E-state index contributed by atoms with van der Waals surface area (Å²) in [6.07, 6.45) is 6.16. The lowest BCUT2D eigenvalue weighted by Crippen LogP contribution is -2.09. The van der Waals surface area contributed by atoms with Crippen LogP contribution in [0.2, 0.25) is 0 Å². The van der Waals surface area contributed by atoms with Gasteiger partial charge in [-0.2, -0.15) is 0 Å². The molecular weight excluding hydrogens is 634 g/mol. The molecule has 0 N–H and O–H groups in total. The van der Waals surface area contributed by atoms with Gasteiger partial charge in [0.1, 0.15) is 6.17 Å². The molecule has 0 spiro atoms. The molecule has 1 aliphatic carbocycles. The van der Waals surface area contributed by atoms with Gasteiger partial charge in [-0.1, -0.05) is 152 Å². The van der Waals surface area contributed by atoms with Gasteiger partial charge in [-0.15, -0.1) is 0 Å². The number of benzene rings is 7. The van der Waals surface area contributed by atoms with Gasteiger partial charge in [-0.05, 0) is 99.0 Å². The van der Waals surface area contributed by atoms with Crippen LogP contribution < -0.4 is 0 Å². The molecule has 9 rings (SSSR count). The second kappa shape index (κ2) is 13.8. The van der Waals surface area contributed by atoms with Crippen LogP contribution in [-0.2, 0) is 6.42 Å². The highest BCUT2D eigenvalue weighted by Crippen LogP contribution is 2.38. The van der Waals surface area contributed by atoms with Crippen LogP contribution in [0.1, 0.15) is 23.5 Å². The lowest BCUT2D eigenvalue weighted by Gasteiger charge is -2.22. The number of allylic oxidation sites excluding steroid dienone is 4. The zero-order chi connectivity index (χ0) is 34.9. The summed E-state index contributed by atoms with van der Waals surface area (Å²) in [7, 11) is 0. The Labute approximate surface area is 304 Å². The third-order valence-corrected chi connectivity index (χ3v) is 10.5. The first-order chi connectivity index (χ1) is 25.7. The van der Waals surface area contributed by atoms with Gasteiger partial charge in [-0.3, -0.25) is 0 Å². The Morgan fingerprint density at radius 1 is 0.519 bits per heavy atom. The monoisotopic (exact) mass is 671 g/mol. The minimum Gasteiger partial charge on any atom is -0.309 e. The summed E-state index contributed by atoms with van der Waals surface area (Å²) in [5.74, 6) is 0.186. The predicted molar refractivity (Wildman–Crippen MR) is 217 cm³/mol. The quantitative estimate of drug-likeness (QED) is 0.152. The zero-order valence-electron chi connectivity index (χ0n) is 28.9. The molecule has 1 aromatic heterocycles. The van der Waals surface area contributed by atoms with E-state index in [0.717, 1.165) is 12.1 Å². The highest BCUT2D eigenvalue weighted by molar-refractivity contribution is 6.11. The predicted octanol–water partition coefficient (Wildman–Crippen LogP) is 13.3. The van der Waals surface area contributed by atoms with Gasteiger partial charge >= 0.3 is 0 Å². The van der Waals surface area contributed by atoms with Crippen molar-refractivity contribution in [1.29, 1.82) is 0 Å². The second-order valence-corrected chi connectivity index (χ2v) is 13.8. The molecule has 8 aromatic rings. The fourth-order valence-corrected chi connectivity index (χ4v) is 7.80. The summed E-state index contributed by atoms with van der Waals surface area (Å²) in [5.41, 5.74) is 14.5. The minimum absolute atomic E-state index is 0.186. The maximum Gasteiger partial charge on any atom is 0.122 e. The van der Waals surface area contributed by atoms with E-state index in [0.29, 0.717) is 6.42 Å². The van der Waals surface area contributed by atoms with Crippen molar-refractivity contribution >= 4 is 21.8 Å². The SMILES string of the molecule is FC1C=CC(C(Cc2ccc(-c3cccc(-c4ccc5c(c4)c4cc(-c6ccccc6)ccc4n5-c4ccccc4)c3)cc2)c2ccccc2)=CC1. The molecule has 2 atom stereocenters. The van der Waals surface area contributed by atoms with E-state index in [1.165, 1.54) is 71.9 Å². The lowest BCUT2D eigenvalue weighted by atomic mass is 9.83. The fraction of sp³-hybridized carbons (Fsp3) is 0.0800. The van der Waals surface area contributed by atoms with Crippen LogP contribution in [0.4, 0.5) is 4.39 Å². The first-order valence-electron chi connectivity index (χ1n) is 18.1. The molecule has 0 radical (unpaired) electrons. The van der Waals surface area contributed by atoms with E-state index in [9.17, 15) is 4.39 Å². The topological polar surface area (TPSA) is 4.93 Å². The van der Waals surface area contributed by atoms with E-state index in [1.54, 1.807) is 6.08 Å². The average molecular weight is 672 g/mol. The van der Waals surface area contributed by atoms with Crippen molar-refractivity contribution in [3.05, 3.63) is 211 Å². The molecular formula is C50H38FN. The first-order valence-corrected chi connectivity index (χ1v) is 18.1. The molecule has 0 amide bonds. The van der Waals surface area contributed by atoms with E-state index in [4.69, 9.17) is 0 Å². The third kappa shape index (κ3) is 6.18. The number of para-hydroxylation sites is 1. The van der Waals surface area contributed by atoms with Crippen LogP contribution in [0.5, 0.6) is 0 Å². The van der Waals surface area contributed by atoms with Crippen molar-refractivity contribution in [1.82, 2.24) is 4.57 Å². The Balaban J connectivity index is 1.06. The van der Waals surface area contributed by atoms with Gasteiger partial charge in [0.15, 0.2) is 0 Å². The number of alkyl halides is 1. The standard InChI is InChI=1S/C50H38FN/c51-44-27-23-39(24-28-44)46(38-13-6-2-7-14-38)31-35-19-21-37(22-20-35)40-15-10-16-41(32-40)43-26-30-50-48(34-43)47-33-42(36-11-4-1-5-12-36)25-29-49(47)52(50)45-17-8-3-9-18-45/h1-27,29-30,32-34,44,46H,28,31H2. The summed E-state index contributed by atoms with van der Waals surface area (Å²) in [5, 5.41) is 2.48. The summed E-state index contributed by atoms with van der Waals surface area (Å²) in [6, 6.07) is 63.4. The van der Waals surface area contributed by atoms with Crippen LogP contribution in [0.15, 0.2) is 200 Å². The maximum atomic E-state index is 13.9. The largest absolute Gasteiger partial charge is 0.309 e. The Hall–Kier alpha value is -6.25.